The summed E-state index contributed by atoms with van der Waals surface area (Å²) >= 11 is 0. The molecule has 1 aromatic heterocycles. The van der Waals surface area contributed by atoms with Gasteiger partial charge in [-0.05, 0) is 12.1 Å². The standard InChI is InChI=1S/C11H6F5N/c12-10(13,11(14,15)16)8-5-6-17-9-4-2-1-3-7(8)9/h1-6H. The van der Waals surface area contributed by atoms with Crippen LogP contribution in [0, 0.1) is 0 Å². The molecule has 0 saturated carbocycles. The third kappa shape index (κ3) is 1.83. The summed E-state index contributed by atoms with van der Waals surface area (Å²) in [5, 5.41) is -0.197. The maximum atomic E-state index is 13.2. The Morgan fingerprint density at radius 1 is 0.882 bits per heavy atom. The second-order valence-electron chi connectivity index (χ2n) is 3.45. The molecule has 0 aliphatic rings. The van der Waals surface area contributed by atoms with Gasteiger partial charge in [-0.2, -0.15) is 22.0 Å². The predicted octanol–water partition coefficient (Wildman–Crippen LogP) is 3.89. The molecule has 6 heteroatoms. The van der Waals surface area contributed by atoms with Crippen LogP contribution in [0.25, 0.3) is 10.9 Å². The summed E-state index contributed by atoms with van der Waals surface area (Å²) < 4.78 is 63.3. The van der Waals surface area contributed by atoms with Crippen LogP contribution in [0.2, 0.25) is 0 Å². The number of hydrogen-bond acceptors (Lipinski definition) is 1. The number of benzene rings is 1. The highest BCUT2D eigenvalue weighted by Crippen LogP contribution is 2.45. The average Bonchev–Trinajstić information content (AvgIpc) is 2.26. The zero-order valence-electron chi connectivity index (χ0n) is 8.30. The Hall–Kier alpha value is -1.72. The maximum Gasteiger partial charge on any atom is 0.458 e. The normalized spacial score (nSPS) is 13.0. The van der Waals surface area contributed by atoms with Gasteiger partial charge in [0.05, 0.1) is 5.52 Å². The Kier molecular flexibility index (Phi) is 2.52. The van der Waals surface area contributed by atoms with Crippen molar-refractivity contribution in [2.75, 3.05) is 0 Å². The van der Waals surface area contributed by atoms with Gasteiger partial charge in [0.2, 0.25) is 0 Å². The van der Waals surface area contributed by atoms with Crippen LogP contribution in [0.3, 0.4) is 0 Å². The van der Waals surface area contributed by atoms with E-state index in [1.54, 1.807) is 0 Å². The molecule has 0 aliphatic heterocycles. The van der Waals surface area contributed by atoms with Gasteiger partial charge in [-0.3, -0.25) is 4.98 Å². The summed E-state index contributed by atoms with van der Waals surface area (Å²) in [7, 11) is 0. The van der Waals surface area contributed by atoms with E-state index in [1.807, 2.05) is 0 Å². The molecule has 0 amide bonds. The molecule has 1 aromatic carbocycles. The summed E-state index contributed by atoms with van der Waals surface area (Å²) in [5.74, 6) is -4.88. The number of para-hydroxylation sites is 1. The summed E-state index contributed by atoms with van der Waals surface area (Å²) in [4.78, 5) is 3.74. The second-order valence-corrected chi connectivity index (χ2v) is 3.45. The van der Waals surface area contributed by atoms with Crippen molar-refractivity contribution in [2.45, 2.75) is 12.1 Å². The van der Waals surface area contributed by atoms with Crippen LogP contribution in [0.5, 0.6) is 0 Å². The lowest BCUT2D eigenvalue weighted by Crippen LogP contribution is -2.33. The molecule has 2 rings (SSSR count). The molecule has 2 aromatic rings. The third-order valence-corrected chi connectivity index (χ3v) is 2.34. The molecule has 0 bridgehead atoms. The monoisotopic (exact) mass is 247 g/mol. The zero-order valence-corrected chi connectivity index (χ0v) is 8.30. The first-order valence-electron chi connectivity index (χ1n) is 4.63. The highest BCUT2D eigenvalue weighted by atomic mass is 19.4. The first-order valence-corrected chi connectivity index (χ1v) is 4.63. The summed E-state index contributed by atoms with van der Waals surface area (Å²) in [6, 6.07) is 6.17. The Labute approximate surface area is 92.9 Å². The van der Waals surface area contributed by atoms with Gasteiger partial charge in [0.25, 0.3) is 0 Å². The molecule has 0 N–H and O–H groups in total. The van der Waals surface area contributed by atoms with Crippen molar-refractivity contribution in [2.24, 2.45) is 0 Å². The number of hydrogen-bond donors (Lipinski definition) is 0. The van der Waals surface area contributed by atoms with Crippen molar-refractivity contribution in [3.8, 4) is 0 Å². The molecular weight excluding hydrogens is 241 g/mol. The topological polar surface area (TPSA) is 12.9 Å². The molecular formula is C11H6F5N. The van der Waals surface area contributed by atoms with Gasteiger partial charge in [0, 0.05) is 17.1 Å². The smallest absolute Gasteiger partial charge is 0.256 e. The Morgan fingerprint density at radius 2 is 1.53 bits per heavy atom. The van der Waals surface area contributed by atoms with Crippen LogP contribution in [0.4, 0.5) is 22.0 Å². The van der Waals surface area contributed by atoms with Crippen molar-refractivity contribution in [3.05, 3.63) is 42.1 Å². The molecule has 0 unspecified atom stereocenters. The summed E-state index contributed by atoms with van der Waals surface area (Å²) in [5.41, 5.74) is -0.968. The van der Waals surface area contributed by atoms with E-state index in [2.05, 4.69) is 4.98 Å². The SMILES string of the molecule is FC(F)(F)C(F)(F)c1ccnc2ccccc12. The molecule has 90 valence electrons. The number of nitrogens with zero attached hydrogens (tertiary/aromatic N) is 1. The molecule has 0 atom stereocenters. The highest BCUT2D eigenvalue weighted by molar-refractivity contribution is 5.82. The lowest BCUT2D eigenvalue weighted by molar-refractivity contribution is -0.288. The molecule has 0 radical (unpaired) electrons. The number of fused-ring (bicyclic) bond motifs is 1. The van der Waals surface area contributed by atoms with E-state index in [1.165, 1.54) is 24.3 Å². The molecule has 0 saturated heterocycles. The first-order chi connectivity index (χ1) is 7.84. The molecule has 0 spiro atoms. The Bertz CT molecular complexity index is 542. The second kappa shape index (κ2) is 3.65. The van der Waals surface area contributed by atoms with Gasteiger partial charge in [-0.15, -0.1) is 0 Å². The number of pyridine rings is 1. The van der Waals surface area contributed by atoms with Crippen LogP contribution in [-0.4, -0.2) is 11.2 Å². The van der Waals surface area contributed by atoms with Gasteiger partial charge >= 0.3 is 12.1 Å². The van der Waals surface area contributed by atoms with E-state index >= 15 is 0 Å². The summed E-state index contributed by atoms with van der Waals surface area (Å²) in [6.45, 7) is 0. The predicted molar refractivity (Wildman–Crippen MR) is 51.7 cm³/mol. The van der Waals surface area contributed by atoms with Gasteiger partial charge in [0.1, 0.15) is 0 Å². The highest BCUT2D eigenvalue weighted by Gasteiger charge is 2.59. The van der Waals surface area contributed by atoms with Gasteiger partial charge in [0.15, 0.2) is 0 Å². The van der Waals surface area contributed by atoms with Crippen LogP contribution >= 0.6 is 0 Å². The molecule has 1 heterocycles. The fraction of sp³-hybridized carbons (Fsp3) is 0.182. The zero-order chi connectivity index (χ0) is 12.7. The van der Waals surface area contributed by atoms with Gasteiger partial charge in [-0.25, -0.2) is 0 Å². The Balaban J connectivity index is 2.72. The van der Waals surface area contributed by atoms with Crippen LogP contribution in [-0.2, 0) is 5.92 Å². The van der Waals surface area contributed by atoms with Gasteiger partial charge < -0.3 is 0 Å². The van der Waals surface area contributed by atoms with Crippen molar-refractivity contribution in [3.63, 3.8) is 0 Å². The maximum absolute atomic E-state index is 13.2. The molecule has 1 nitrogen and oxygen atoms in total. The lowest BCUT2D eigenvalue weighted by Gasteiger charge is -2.21. The molecule has 0 aliphatic carbocycles. The van der Waals surface area contributed by atoms with E-state index < -0.39 is 17.7 Å². The Morgan fingerprint density at radius 3 is 2.18 bits per heavy atom. The van der Waals surface area contributed by atoms with Crippen LogP contribution < -0.4 is 0 Å². The fourth-order valence-corrected chi connectivity index (χ4v) is 1.52. The van der Waals surface area contributed by atoms with E-state index in [0.717, 1.165) is 6.20 Å². The minimum absolute atomic E-state index is 0.105. The number of alkyl halides is 5. The lowest BCUT2D eigenvalue weighted by atomic mass is 10.0. The van der Waals surface area contributed by atoms with Gasteiger partial charge in [-0.1, -0.05) is 18.2 Å². The quantitative estimate of drug-likeness (QED) is 0.696. The van der Waals surface area contributed by atoms with E-state index in [4.69, 9.17) is 0 Å². The fourth-order valence-electron chi connectivity index (χ4n) is 1.52. The van der Waals surface area contributed by atoms with Crippen molar-refractivity contribution >= 4 is 10.9 Å². The van der Waals surface area contributed by atoms with E-state index in [0.29, 0.717) is 6.07 Å². The van der Waals surface area contributed by atoms with Crippen molar-refractivity contribution < 1.29 is 22.0 Å². The largest absolute Gasteiger partial charge is 0.458 e. The third-order valence-electron chi connectivity index (χ3n) is 2.34. The number of rotatable bonds is 1. The first kappa shape index (κ1) is 11.8. The average molecular weight is 247 g/mol. The molecule has 0 fully saturated rings. The van der Waals surface area contributed by atoms with E-state index in [-0.39, 0.29) is 10.9 Å². The van der Waals surface area contributed by atoms with Crippen molar-refractivity contribution in [1.29, 1.82) is 0 Å². The van der Waals surface area contributed by atoms with Crippen molar-refractivity contribution in [1.82, 2.24) is 4.98 Å². The summed E-state index contributed by atoms with van der Waals surface area (Å²) in [6.07, 6.45) is -4.67. The van der Waals surface area contributed by atoms with E-state index in [9.17, 15) is 22.0 Å². The van der Waals surface area contributed by atoms with Crippen LogP contribution in [0.1, 0.15) is 5.56 Å². The number of halogens is 5. The van der Waals surface area contributed by atoms with Crippen LogP contribution in [0.15, 0.2) is 36.5 Å². The minimum Gasteiger partial charge on any atom is -0.256 e. The minimum atomic E-state index is -5.61. The molecule has 17 heavy (non-hydrogen) atoms. The number of aromatic nitrogens is 1.